The number of ether oxygens (including phenoxy) is 1. The highest BCUT2D eigenvalue weighted by Crippen LogP contribution is 2.31. The summed E-state index contributed by atoms with van der Waals surface area (Å²) in [7, 11) is 1.80. The highest BCUT2D eigenvalue weighted by atomic mass is 16.5. The van der Waals surface area contributed by atoms with E-state index in [4.69, 9.17) is 4.74 Å². The van der Waals surface area contributed by atoms with Gasteiger partial charge in [0, 0.05) is 32.3 Å². The van der Waals surface area contributed by atoms with E-state index in [-0.39, 0.29) is 0 Å². The van der Waals surface area contributed by atoms with Crippen LogP contribution >= 0.6 is 0 Å². The fraction of sp³-hybridized carbons (Fsp3) is 1.00. The van der Waals surface area contributed by atoms with E-state index in [0.29, 0.717) is 17.5 Å². The van der Waals surface area contributed by atoms with Crippen LogP contribution in [0.3, 0.4) is 0 Å². The van der Waals surface area contributed by atoms with E-state index in [1.807, 2.05) is 0 Å². The van der Waals surface area contributed by atoms with Gasteiger partial charge in [0.1, 0.15) is 0 Å². The Morgan fingerprint density at radius 2 is 2.00 bits per heavy atom. The number of piperidine rings is 1. The minimum Gasteiger partial charge on any atom is -0.383 e. The molecule has 0 spiro atoms. The van der Waals surface area contributed by atoms with Gasteiger partial charge in [-0.05, 0) is 37.6 Å². The summed E-state index contributed by atoms with van der Waals surface area (Å²) in [4.78, 5) is 2.63. The third-order valence-electron chi connectivity index (χ3n) is 4.79. The lowest BCUT2D eigenvalue weighted by molar-refractivity contribution is 0.0723. The van der Waals surface area contributed by atoms with Crippen molar-refractivity contribution in [3.05, 3.63) is 0 Å². The van der Waals surface area contributed by atoms with Crippen LogP contribution in [0.5, 0.6) is 0 Å². The van der Waals surface area contributed by atoms with Gasteiger partial charge >= 0.3 is 0 Å². The maximum atomic E-state index is 5.29. The van der Waals surface area contributed by atoms with E-state index in [1.54, 1.807) is 7.11 Å². The molecule has 0 aromatic carbocycles. The van der Waals surface area contributed by atoms with Gasteiger partial charge in [-0.1, -0.05) is 27.7 Å². The summed E-state index contributed by atoms with van der Waals surface area (Å²) >= 11 is 0. The molecule has 114 valence electrons. The lowest BCUT2D eigenvalue weighted by Gasteiger charge is -2.43. The van der Waals surface area contributed by atoms with Crippen molar-refractivity contribution in [3.8, 4) is 0 Å². The van der Waals surface area contributed by atoms with E-state index in [0.717, 1.165) is 19.7 Å². The van der Waals surface area contributed by atoms with Crippen molar-refractivity contribution in [2.24, 2.45) is 5.41 Å². The first-order valence-corrected chi connectivity index (χ1v) is 8.01. The summed E-state index contributed by atoms with van der Waals surface area (Å²) in [5.41, 5.74) is 0.412. The van der Waals surface area contributed by atoms with Crippen molar-refractivity contribution in [2.75, 3.05) is 33.4 Å². The molecule has 0 radical (unpaired) electrons. The van der Waals surface area contributed by atoms with Crippen molar-refractivity contribution >= 4 is 0 Å². The zero-order valence-corrected chi connectivity index (χ0v) is 13.7. The van der Waals surface area contributed by atoms with Crippen molar-refractivity contribution in [1.29, 1.82) is 0 Å². The lowest BCUT2D eigenvalue weighted by atomic mass is 9.77. The summed E-state index contributed by atoms with van der Waals surface area (Å²) in [6, 6.07) is 1.30. The molecule has 0 saturated carbocycles. The Morgan fingerprint density at radius 3 is 2.53 bits per heavy atom. The lowest BCUT2D eigenvalue weighted by Crippen LogP contribution is -2.55. The number of rotatable bonds is 8. The van der Waals surface area contributed by atoms with Crippen molar-refractivity contribution < 1.29 is 4.74 Å². The van der Waals surface area contributed by atoms with Crippen LogP contribution in [0.15, 0.2) is 0 Å². The fourth-order valence-electron chi connectivity index (χ4n) is 3.25. The average molecular weight is 270 g/mol. The van der Waals surface area contributed by atoms with Gasteiger partial charge in [-0.2, -0.15) is 0 Å². The molecule has 19 heavy (non-hydrogen) atoms. The summed E-state index contributed by atoms with van der Waals surface area (Å²) < 4.78 is 5.29. The molecule has 3 nitrogen and oxygen atoms in total. The molecule has 1 saturated heterocycles. The second-order valence-corrected chi connectivity index (χ2v) is 6.56. The molecule has 3 heteroatoms. The molecular formula is C16H34N2O. The highest BCUT2D eigenvalue weighted by Gasteiger charge is 2.33. The Bertz CT molecular complexity index is 239. The predicted octanol–water partition coefficient (Wildman–Crippen LogP) is 2.90. The van der Waals surface area contributed by atoms with Gasteiger partial charge in [-0.15, -0.1) is 0 Å². The number of nitrogens with zero attached hydrogens (tertiary/aromatic N) is 1. The summed E-state index contributed by atoms with van der Waals surface area (Å²) in [5.74, 6) is 0. The summed E-state index contributed by atoms with van der Waals surface area (Å²) in [6.45, 7) is 13.6. The molecule has 0 aliphatic carbocycles. The molecule has 0 bridgehead atoms. The Balaban J connectivity index is 2.63. The Labute approximate surface area is 120 Å². The Kier molecular flexibility index (Phi) is 7.33. The molecule has 0 aromatic rings. The zero-order chi connectivity index (χ0) is 14.3. The van der Waals surface area contributed by atoms with E-state index < -0.39 is 0 Å². The molecular weight excluding hydrogens is 236 g/mol. The number of nitrogens with one attached hydrogen (secondary N) is 1. The number of hydrogen-bond acceptors (Lipinski definition) is 3. The van der Waals surface area contributed by atoms with Gasteiger partial charge < -0.3 is 10.1 Å². The molecule has 0 amide bonds. The number of methoxy groups -OCH3 is 1. The summed E-state index contributed by atoms with van der Waals surface area (Å²) in [5, 5.41) is 3.74. The average Bonchev–Trinajstić information content (AvgIpc) is 2.39. The van der Waals surface area contributed by atoms with Gasteiger partial charge in [-0.3, -0.25) is 4.90 Å². The molecule has 1 unspecified atom stereocenters. The molecule has 1 aliphatic rings. The van der Waals surface area contributed by atoms with Gasteiger partial charge in [0.15, 0.2) is 0 Å². The highest BCUT2D eigenvalue weighted by molar-refractivity contribution is 4.91. The predicted molar refractivity (Wildman–Crippen MR) is 82.6 cm³/mol. The van der Waals surface area contributed by atoms with Crippen LogP contribution in [0.1, 0.15) is 53.4 Å². The first-order valence-electron chi connectivity index (χ1n) is 8.01. The first kappa shape index (κ1) is 16.9. The number of hydrogen-bond donors (Lipinski definition) is 1. The van der Waals surface area contributed by atoms with Gasteiger partial charge in [0.25, 0.3) is 0 Å². The maximum Gasteiger partial charge on any atom is 0.0589 e. The van der Waals surface area contributed by atoms with Crippen molar-refractivity contribution in [3.63, 3.8) is 0 Å². The van der Waals surface area contributed by atoms with E-state index >= 15 is 0 Å². The second-order valence-electron chi connectivity index (χ2n) is 6.56. The quantitative estimate of drug-likeness (QED) is 0.734. The van der Waals surface area contributed by atoms with E-state index in [1.165, 1.54) is 32.2 Å². The van der Waals surface area contributed by atoms with Crippen molar-refractivity contribution in [2.45, 2.75) is 65.5 Å². The largest absolute Gasteiger partial charge is 0.383 e. The van der Waals surface area contributed by atoms with Crippen LogP contribution in [0.4, 0.5) is 0 Å². The Morgan fingerprint density at radius 1 is 1.32 bits per heavy atom. The third-order valence-corrected chi connectivity index (χ3v) is 4.79. The normalized spacial score (nSPS) is 23.2. The zero-order valence-electron chi connectivity index (χ0n) is 13.7. The Hall–Kier alpha value is -0.120. The van der Waals surface area contributed by atoms with Crippen LogP contribution in [-0.2, 0) is 4.74 Å². The van der Waals surface area contributed by atoms with Gasteiger partial charge in [-0.25, -0.2) is 0 Å². The van der Waals surface area contributed by atoms with Gasteiger partial charge in [0.2, 0.25) is 0 Å². The molecule has 1 fully saturated rings. The fourth-order valence-corrected chi connectivity index (χ4v) is 3.25. The molecule has 0 aromatic heterocycles. The molecule has 1 N–H and O–H groups in total. The van der Waals surface area contributed by atoms with E-state index in [9.17, 15) is 0 Å². The smallest absolute Gasteiger partial charge is 0.0589 e. The van der Waals surface area contributed by atoms with Crippen LogP contribution in [0.25, 0.3) is 0 Å². The molecule has 1 rings (SSSR count). The minimum absolute atomic E-state index is 0.412. The standard InChI is InChI=1S/C16H34N2O/c1-6-14(7-2)18(11-12-19-5)13-15-16(3,4)9-8-10-17-15/h14-15,17H,6-13H2,1-5H3. The minimum atomic E-state index is 0.412. The molecule has 1 heterocycles. The van der Waals surface area contributed by atoms with Crippen LogP contribution in [0, 0.1) is 5.41 Å². The van der Waals surface area contributed by atoms with Crippen LogP contribution in [0.2, 0.25) is 0 Å². The maximum absolute atomic E-state index is 5.29. The topological polar surface area (TPSA) is 24.5 Å². The van der Waals surface area contributed by atoms with Gasteiger partial charge in [0.05, 0.1) is 6.61 Å². The van der Waals surface area contributed by atoms with Crippen LogP contribution < -0.4 is 5.32 Å². The summed E-state index contributed by atoms with van der Waals surface area (Å²) in [6.07, 6.45) is 5.11. The van der Waals surface area contributed by atoms with E-state index in [2.05, 4.69) is 37.9 Å². The molecule has 1 atom stereocenters. The SMILES string of the molecule is CCC(CC)N(CCOC)CC1NCCCC1(C)C. The third kappa shape index (κ3) is 5.05. The van der Waals surface area contributed by atoms with Crippen molar-refractivity contribution in [1.82, 2.24) is 10.2 Å². The second kappa shape index (κ2) is 8.23. The first-order chi connectivity index (χ1) is 9.05. The van der Waals surface area contributed by atoms with Crippen LogP contribution in [-0.4, -0.2) is 50.3 Å². The molecule has 1 aliphatic heterocycles. The monoisotopic (exact) mass is 270 g/mol.